The lowest BCUT2D eigenvalue weighted by molar-refractivity contribution is 0.612. The number of benzene rings is 3. The SMILES string of the molecule is CC(C)c1ccc(C2=Nc3nc4ccccc4n3C(c3cccc(Cl)c3)C2)cc1. The quantitative estimate of drug-likeness (QED) is 0.367. The van der Waals surface area contributed by atoms with Crippen molar-refractivity contribution in [1.29, 1.82) is 0 Å². The molecule has 4 aromatic rings. The van der Waals surface area contributed by atoms with Crippen LogP contribution in [0.25, 0.3) is 11.0 Å². The van der Waals surface area contributed by atoms with Crippen molar-refractivity contribution >= 4 is 34.3 Å². The first kappa shape index (κ1) is 18.1. The number of rotatable bonds is 3. The monoisotopic (exact) mass is 399 g/mol. The molecule has 0 radical (unpaired) electrons. The highest BCUT2D eigenvalue weighted by atomic mass is 35.5. The molecule has 0 N–H and O–H groups in total. The number of imidazole rings is 1. The Morgan fingerprint density at radius 1 is 0.966 bits per heavy atom. The fourth-order valence-corrected chi connectivity index (χ4v) is 4.28. The highest BCUT2D eigenvalue weighted by molar-refractivity contribution is 6.30. The third-order valence-corrected chi connectivity index (χ3v) is 5.89. The van der Waals surface area contributed by atoms with E-state index < -0.39 is 0 Å². The fraction of sp³-hybridized carbons (Fsp3) is 0.200. The third kappa shape index (κ3) is 3.26. The molecule has 1 aliphatic rings. The molecule has 1 aromatic heterocycles. The number of fused-ring (bicyclic) bond motifs is 3. The molecule has 0 aliphatic carbocycles. The smallest absolute Gasteiger partial charge is 0.231 e. The summed E-state index contributed by atoms with van der Waals surface area (Å²) in [4.78, 5) is 9.78. The van der Waals surface area contributed by atoms with Gasteiger partial charge in [-0.15, -0.1) is 0 Å². The van der Waals surface area contributed by atoms with Gasteiger partial charge in [-0.05, 0) is 46.9 Å². The summed E-state index contributed by atoms with van der Waals surface area (Å²) in [5.41, 5.74) is 6.80. The highest BCUT2D eigenvalue weighted by Crippen LogP contribution is 2.38. The standard InChI is InChI=1S/C25H22ClN3/c1-16(2)17-10-12-18(13-11-17)22-15-24(19-6-5-7-20(26)14-19)29-23-9-4-3-8-21(23)27-25(29)28-22/h3-14,16,24H,15H2,1-2H3. The molecule has 1 unspecified atom stereocenters. The lowest BCUT2D eigenvalue weighted by Crippen LogP contribution is -2.20. The van der Waals surface area contributed by atoms with Crippen molar-refractivity contribution in [3.8, 4) is 0 Å². The van der Waals surface area contributed by atoms with Gasteiger partial charge in [0.2, 0.25) is 5.95 Å². The van der Waals surface area contributed by atoms with Gasteiger partial charge in [0.15, 0.2) is 0 Å². The van der Waals surface area contributed by atoms with Crippen molar-refractivity contribution in [3.05, 3.63) is 94.5 Å². The number of nitrogens with zero attached hydrogens (tertiary/aromatic N) is 3. The number of hydrogen-bond acceptors (Lipinski definition) is 2. The van der Waals surface area contributed by atoms with Crippen molar-refractivity contribution in [2.45, 2.75) is 32.2 Å². The number of para-hydroxylation sites is 2. The molecular weight excluding hydrogens is 378 g/mol. The van der Waals surface area contributed by atoms with Crippen LogP contribution in [0.1, 0.15) is 48.9 Å². The topological polar surface area (TPSA) is 30.2 Å². The molecule has 0 saturated carbocycles. The van der Waals surface area contributed by atoms with Crippen LogP contribution in [0.3, 0.4) is 0 Å². The van der Waals surface area contributed by atoms with Gasteiger partial charge >= 0.3 is 0 Å². The first-order valence-electron chi connectivity index (χ1n) is 10.0. The summed E-state index contributed by atoms with van der Waals surface area (Å²) in [5.74, 6) is 1.27. The van der Waals surface area contributed by atoms with Gasteiger partial charge < -0.3 is 4.57 Å². The Balaban J connectivity index is 1.67. The second-order valence-corrected chi connectivity index (χ2v) is 8.32. The molecule has 0 fully saturated rings. The summed E-state index contributed by atoms with van der Waals surface area (Å²) in [6.07, 6.45) is 0.800. The maximum Gasteiger partial charge on any atom is 0.231 e. The van der Waals surface area contributed by atoms with Crippen LogP contribution in [0.15, 0.2) is 77.8 Å². The van der Waals surface area contributed by atoms with Crippen molar-refractivity contribution < 1.29 is 0 Å². The molecule has 1 atom stereocenters. The summed E-state index contributed by atoms with van der Waals surface area (Å²) in [6.45, 7) is 4.43. The Bertz CT molecular complexity index is 1220. The van der Waals surface area contributed by atoms with Crippen LogP contribution in [-0.4, -0.2) is 15.3 Å². The van der Waals surface area contributed by atoms with E-state index in [1.54, 1.807) is 0 Å². The molecule has 0 amide bonds. The second kappa shape index (κ2) is 7.16. The average Bonchev–Trinajstić information content (AvgIpc) is 3.11. The van der Waals surface area contributed by atoms with Gasteiger partial charge in [-0.2, -0.15) is 0 Å². The van der Waals surface area contributed by atoms with Gasteiger partial charge in [0, 0.05) is 11.4 Å². The minimum atomic E-state index is 0.105. The van der Waals surface area contributed by atoms with Crippen LogP contribution in [0, 0.1) is 0 Å². The average molecular weight is 400 g/mol. The molecule has 0 saturated heterocycles. The largest absolute Gasteiger partial charge is 0.300 e. The molecule has 3 aromatic carbocycles. The Morgan fingerprint density at radius 2 is 1.76 bits per heavy atom. The summed E-state index contributed by atoms with van der Waals surface area (Å²) in [7, 11) is 0. The Morgan fingerprint density at radius 3 is 2.52 bits per heavy atom. The van der Waals surface area contributed by atoms with E-state index in [2.05, 4.69) is 66.9 Å². The van der Waals surface area contributed by atoms with Gasteiger partial charge in [-0.1, -0.05) is 74.0 Å². The Labute approximate surface area is 175 Å². The van der Waals surface area contributed by atoms with Gasteiger partial charge in [-0.25, -0.2) is 9.98 Å². The zero-order valence-electron chi connectivity index (χ0n) is 16.5. The lowest BCUT2D eigenvalue weighted by atomic mass is 9.94. The first-order valence-corrected chi connectivity index (χ1v) is 10.4. The van der Waals surface area contributed by atoms with E-state index in [9.17, 15) is 0 Å². The summed E-state index contributed by atoms with van der Waals surface area (Å²) in [6, 6.07) is 25.2. The van der Waals surface area contributed by atoms with Crippen LogP contribution in [0.4, 0.5) is 5.95 Å². The molecule has 29 heavy (non-hydrogen) atoms. The zero-order chi connectivity index (χ0) is 20.0. The highest BCUT2D eigenvalue weighted by Gasteiger charge is 2.27. The molecule has 5 rings (SSSR count). The maximum absolute atomic E-state index is 6.33. The molecular formula is C25H22ClN3. The fourth-order valence-electron chi connectivity index (χ4n) is 4.08. The molecule has 0 spiro atoms. The van der Waals surface area contributed by atoms with Crippen molar-refractivity contribution in [2.24, 2.45) is 4.99 Å². The van der Waals surface area contributed by atoms with Crippen molar-refractivity contribution in [3.63, 3.8) is 0 Å². The Hall–Kier alpha value is -2.91. The predicted molar refractivity (Wildman–Crippen MR) is 121 cm³/mol. The molecule has 3 nitrogen and oxygen atoms in total. The number of aliphatic imine (C=N–C) groups is 1. The van der Waals surface area contributed by atoms with E-state index in [0.29, 0.717) is 5.92 Å². The van der Waals surface area contributed by atoms with E-state index in [-0.39, 0.29) is 6.04 Å². The van der Waals surface area contributed by atoms with Crippen molar-refractivity contribution in [2.75, 3.05) is 0 Å². The predicted octanol–water partition coefficient (Wildman–Crippen LogP) is 6.93. The second-order valence-electron chi connectivity index (χ2n) is 7.88. The van der Waals surface area contributed by atoms with Gasteiger partial charge in [0.1, 0.15) is 0 Å². The molecule has 144 valence electrons. The summed E-state index contributed by atoms with van der Waals surface area (Å²) >= 11 is 6.33. The van der Waals surface area contributed by atoms with E-state index in [4.69, 9.17) is 21.6 Å². The van der Waals surface area contributed by atoms with Gasteiger partial charge in [0.05, 0.1) is 22.8 Å². The van der Waals surface area contributed by atoms with E-state index in [1.165, 1.54) is 11.1 Å². The normalized spacial score (nSPS) is 16.1. The van der Waals surface area contributed by atoms with E-state index >= 15 is 0 Å². The first-order chi connectivity index (χ1) is 14.1. The van der Waals surface area contributed by atoms with E-state index in [0.717, 1.165) is 39.7 Å². The lowest BCUT2D eigenvalue weighted by Gasteiger charge is -2.26. The minimum absolute atomic E-state index is 0.105. The number of hydrogen-bond donors (Lipinski definition) is 0. The van der Waals surface area contributed by atoms with Crippen LogP contribution < -0.4 is 0 Å². The molecule has 0 bridgehead atoms. The van der Waals surface area contributed by atoms with Crippen LogP contribution in [0.5, 0.6) is 0 Å². The van der Waals surface area contributed by atoms with Gasteiger partial charge in [-0.3, -0.25) is 0 Å². The number of aromatic nitrogens is 2. The van der Waals surface area contributed by atoms with Crippen molar-refractivity contribution in [1.82, 2.24) is 9.55 Å². The van der Waals surface area contributed by atoms with Crippen LogP contribution >= 0.6 is 11.6 Å². The number of halogens is 1. The van der Waals surface area contributed by atoms with Crippen LogP contribution in [0.2, 0.25) is 5.02 Å². The molecule has 2 heterocycles. The Kier molecular flexibility index (Phi) is 4.48. The molecule has 1 aliphatic heterocycles. The van der Waals surface area contributed by atoms with E-state index in [1.807, 2.05) is 24.3 Å². The maximum atomic E-state index is 6.33. The summed E-state index contributed by atoms with van der Waals surface area (Å²) < 4.78 is 2.24. The minimum Gasteiger partial charge on any atom is -0.300 e. The van der Waals surface area contributed by atoms with Gasteiger partial charge in [0.25, 0.3) is 0 Å². The van der Waals surface area contributed by atoms with Crippen LogP contribution in [-0.2, 0) is 0 Å². The third-order valence-electron chi connectivity index (χ3n) is 5.65. The zero-order valence-corrected chi connectivity index (χ0v) is 17.3. The summed E-state index contributed by atoms with van der Waals surface area (Å²) in [5, 5.41) is 0.749. The molecule has 4 heteroatoms.